The lowest BCUT2D eigenvalue weighted by molar-refractivity contribution is -0.104. The first-order chi connectivity index (χ1) is 8.69. The summed E-state index contributed by atoms with van der Waals surface area (Å²) in [6, 6.07) is 0. The van der Waals surface area contributed by atoms with E-state index >= 15 is 0 Å². The molecule has 0 aromatic carbocycles. The average Bonchev–Trinajstić information content (AvgIpc) is 3.26. The monoisotopic (exact) mass is 248 g/mol. The fourth-order valence-corrected chi connectivity index (χ4v) is 4.64. The van der Waals surface area contributed by atoms with E-state index in [2.05, 4.69) is 18.2 Å². The van der Waals surface area contributed by atoms with Crippen molar-refractivity contribution in [1.82, 2.24) is 0 Å². The highest BCUT2D eigenvalue weighted by Gasteiger charge is 2.74. The highest BCUT2D eigenvalue weighted by Crippen LogP contribution is 2.64. The highest BCUT2D eigenvalue weighted by molar-refractivity contribution is 5.35. The van der Waals surface area contributed by atoms with Crippen LogP contribution in [-0.2, 0) is 9.47 Å². The highest BCUT2D eigenvalue weighted by atomic mass is 16.6. The van der Waals surface area contributed by atoms with E-state index in [1.807, 2.05) is 6.08 Å². The second-order valence-electron chi connectivity index (χ2n) is 6.35. The molecule has 0 aromatic heterocycles. The number of rotatable bonds is 0. The Balaban J connectivity index is 1.68. The molecule has 3 fully saturated rings. The fraction of sp³-hybridized carbons (Fsp3) is 0.714. The number of hydrogen-bond acceptors (Lipinski definition) is 4. The zero-order valence-electron chi connectivity index (χ0n) is 9.90. The lowest BCUT2D eigenvalue weighted by Gasteiger charge is -2.54. The number of allylic oxidation sites excluding steroid dienone is 1. The van der Waals surface area contributed by atoms with Crippen molar-refractivity contribution < 1.29 is 19.7 Å². The molecular formula is C14H16O4. The van der Waals surface area contributed by atoms with Gasteiger partial charge in [0.05, 0.1) is 19.3 Å². The number of epoxide rings is 2. The average molecular weight is 248 g/mol. The van der Waals surface area contributed by atoms with Gasteiger partial charge in [-0.15, -0.1) is 0 Å². The molecule has 2 saturated heterocycles. The van der Waals surface area contributed by atoms with Crippen LogP contribution in [0, 0.1) is 23.7 Å². The number of ether oxygens (including phenoxy) is 2. The standard InChI is InChI=1S/C14H16O4/c15-10-4-2-7-8-1-3-9(11(7)14(10)6-18-14)13(5-17-13)12(8)16/h1-4,7-12,15-16H,5-6H2/t7?,8?,9?,10-,11?,12-,13+,14-/m1/s1. The molecule has 2 spiro atoms. The van der Waals surface area contributed by atoms with Crippen LogP contribution in [0.2, 0.25) is 0 Å². The predicted molar refractivity (Wildman–Crippen MR) is 61.6 cm³/mol. The minimum Gasteiger partial charge on any atom is -0.389 e. The van der Waals surface area contributed by atoms with Crippen molar-refractivity contribution in [2.75, 3.05) is 13.2 Å². The normalized spacial score (nSPS) is 66.6. The van der Waals surface area contributed by atoms with Crippen LogP contribution in [-0.4, -0.2) is 46.8 Å². The first-order valence-corrected chi connectivity index (χ1v) is 6.70. The third-order valence-electron chi connectivity index (χ3n) is 5.75. The van der Waals surface area contributed by atoms with Gasteiger partial charge in [0.2, 0.25) is 0 Å². The Kier molecular flexibility index (Phi) is 1.55. The Morgan fingerprint density at radius 3 is 2.22 bits per heavy atom. The predicted octanol–water partition coefficient (Wildman–Crippen LogP) is -0.136. The van der Waals surface area contributed by atoms with Crippen molar-refractivity contribution in [2.24, 2.45) is 23.7 Å². The summed E-state index contributed by atoms with van der Waals surface area (Å²) < 4.78 is 11.3. The lowest BCUT2D eigenvalue weighted by atomic mass is 9.51. The van der Waals surface area contributed by atoms with Crippen LogP contribution in [0.3, 0.4) is 0 Å². The molecule has 6 aliphatic rings. The number of aliphatic hydroxyl groups excluding tert-OH is 2. The fourth-order valence-electron chi connectivity index (χ4n) is 4.64. The summed E-state index contributed by atoms with van der Waals surface area (Å²) in [5.41, 5.74) is -0.795. The van der Waals surface area contributed by atoms with Crippen molar-refractivity contribution in [3.63, 3.8) is 0 Å². The molecule has 8 atom stereocenters. The lowest BCUT2D eigenvalue weighted by Crippen LogP contribution is -2.62. The van der Waals surface area contributed by atoms with E-state index in [-0.39, 0.29) is 29.3 Å². The molecule has 96 valence electrons. The zero-order chi connectivity index (χ0) is 12.1. The zero-order valence-corrected chi connectivity index (χ0v) is 9.90. The minimum absolute atomic E-state index is 0.104. The summed E-state index contributed by atoms with van der Waals surface area (Å²) in [5, 5.41) is 20.7. The molecule has 1 saturated carbocycles. The molecule has 0 amide bonds. The van der Waals surface area contributed by atoms with Gasteiger partial charge in [0.15, 0.2) is 0 Å². The first kappa shape index (κ1) is 10.1. The van der Waals surface area contributed by atoms with E-state index in [1.165, 1.54) is 0 Å². The van der Waals surface area contributed by atoms with Gasteiger partial charge >= 0.3 is 0 Å². The molecule has 2 N–H and O–H groups in total. The molecule has 18 heavy (non-hydrogen) atoms. The maximum absolute atomic E-state index is 10.5. The minimum atomic E-state index is -0.514. The van der Waals surface area contributed by atoms with Gasteiger partial charge < -0.3 is 19.7 Å². The maximum Gasteiger partial charge on any atom is 0.125 e. The topological polar surface area (TPSA) is 65.5 Å². The van der Waals surface area contributed by atoms with Crippen molar-refractivity contribution in [1.29, 1.82) is 0 Å². The van der Waals surface area contributed by atoms with E-state index < -0.39 is 17.8 Å². The van der Waals surface area contributed by atoms with Crippen LogP contribution < -0.4 is 0 Å². The third kappa shape index (κ3) is 0.893. The Hall–Kier alpha value is -0.680. The van der Waals surface area contributed by atoms with Gasteiger partial charge in [-0.1, -0.05) is 24.3 Å². The summed E-state index contributed by atoms with van der Waals surface area (Å²) in [6.45, 7) is 1.27. The van der Waals surface area contributed by atoms with Crippen molar-refractivity contribution in [3.05, 3.63) is 24.3 Å². The Bertz CT molecular complexity index is 474. The van der Waals surface area contributed by atoms with E-state index in [0.717, 1.165) is 0 Å². The summed E-state index contributed by atoms with van der Waals surface area (Å²) >= 11 is 0. The van der Waals surface area contributed by atoms with Gasteiger partial charge in [-0.25, -0.2) is 0 Å². The largest absolute Gasteiger partial charge is 0.389 e. The molecule has 2 aliphatic heterocycles. The number of aliphatic hydroxyl groups is 2. The second-order valence-corrected chi connectivity index (χ2v) is 6.35. The molecule has 4 unspecified atom stereocenters. The molecule has 4 nitrogen and oxygen atoms in total. The van der Waals surface area contributed by atoms with Gasteiger partial charge in [-0.05, 0) is 5.92 Å². The van der Waals surface area contributed by atoms with Crippen molar-refractivity contribution in [3.8, 4) is 0 Å². The summed E-state index contributed by atoms with van der Waals surface area (Å²) in [7, 11) is 0. The Labute approximate surface area is 105 Å². The maximum atomic E-state index is 10.5. The quantitative estimate of drug-likeness (QED) is 0.463. The molecule has 4 aliphatic carbocycles. The molecule has 4 heteroatoms. The van der Waals surface area contributed by atoms with Crippen LogP contribution in [0.4, 0.5) is 0 Å². The molecule has 0 radical (unpaired) electrons. The molecule has 2 heterocycles. The Morgan fingerprint density at radius 1 is 0.889 bits per heavy atom. The SMILES string of the molecule is O[C@@H]1C=CC2C3C=CC(C2[C@@]12CO2)[C@@]1(CO1)[C@@H]3O. The van der Waals surface area contributed by atoms with Gasteiger partial charge in [0.1, 0.15) is 17.3 Å². The van der Waals surface area contributed by atoms with E-state index in [9.17, 15) is 10.2 Å². The van der Waals surface area contributed by atoms with E-state index in [4.69, 9.17) is 9.47 Å². The number of hydrogen-bond donors (Lipinski definition) is 2. The second kappa shape index (κ2) is 2.75. The van der Waals surface area contributed by atoms with Crippen LogP contribution >= 0.6 is 0 Å². The molecule has 2 bridgehead atoms. The molecule has 6 rings (SSSR count). The van der Waals surface area contributed by atoms with E-state index in [1.54, 1.807) is 0 Å². The van der Waals surface area contributed by atoms with Gasteiger partial charge in [0.25, 0.3) is 0 Å². The summed E-state index contributed by atoms with van der Waals surface area (Å²) in [6.07, 6.45) is 7.30. The van der Waals surface area contributed by atoms with Gasteiger partial charge in [-0.2, -0.15) is 0 Å². The van der Waals surface area contributed by atoms with Crippen molar-refractivity contribution in [2.45, 2.75) is 23.4 Å². The smallest absolute Gasteiger partial charge is 0.125 e. The molecule has 0 aromatic rings. The van der Waals surface area contributed by atoms with Crippen molar-refractivity contribution >= 4 is 0 Å². The Morgan fingerprint density at radius 2 is 1.56 bits per heavy atom. The van der Waals surface area contributed by atoms with Gasteiger partial charge in [-0.3, -0.25) is 0 Å². The summed E-state index contributed by atoms with van der Waals surface area (Å²) in [4.78, 5) is 0. The third-order valence-corrected chi connectivity index (χ3v) is 5.75. The van der Waals surface area contributed by atoms with Crippen LogP contribution in [0.15, 0.2) is 24.3 Å². The van der Waals surface area contributed by atoms with Crippen LogP contribution in [0.25, 0.3) is 0 Å². The summed E-state index contributed by atoms with van der Waals surface area (Å²) in [5.74, 6) is 0.797. The van der Waals surface area contributed by atoms with Crippen LogP contribution in [0.1, 0.15) is 0 Å². The molecular weight excluding hydrogens is 232 g/mol. The van der Waals surface area contributed by atoms with Gasteiger partial charge in [0, 0.05) is 17.8 Å². The van der Waals surface area contributed by atoms with Crippen LogP contribution in [0.5, 0.6) is 0 Å². The first-order valence-electron chi connectivity index (χ1n) is 6.70. The van der Waals surface area contributed by atoms with E-state index in [0.29, 0.717) is 13.2 Å².